The molecule has 0 heterocycles. The molecule has 1 aromatic carbocycles. The number of hydrogen-bond donors (Lipinski definition) is 1. The first-order valence-corrected chi connectivity index (χ1v) is 5.72. The van der Waals surface area contributed by atoms with Crippen molar-refractivity contribution in [2.45, 2.75) is 26.4 Å². The van der Waals surface area contributed by atoms with Crippen LogP contribution in [-0.2, 0) is 6.54 Å². The van der Waals surface area contributed by atoms with Crippen LogP contribution in [0.4, 0.5) is 4.39 Å². The summed E-state index contributed by atoms with van der Waals surface area (Å²) in [5, 5.41) is 0. The highest BCUT2D eigenvalue weighted by molar-refractivity contribution is 5.38. The molecule has 17 heavy (non-hydrogen) atoms. The van der Waals surface area contributed by atoms with Gasteiger partial charge in [0.1, 0.15) is 5.82 Å². The van der Waals surface area contributed by atoms with Gasteiger partial charge in [-0.05, 0) is 38.6 Å². The Bertz CT molecular complexity index is 430. The van der Waals surface area contributed by atoms with E-state index >= 15 is 0 Å². The third kappa shape index (κ3) is 4.18. The van der Waals surface area contributed by atoms with Gasteiger partial charge in [0.2, 0.25) is 0 Å². The minimum atomic E-state index is -0.290. The first kappa shape index (κ1) is 13.7. The zero-order valence-corrected chi connectivity index (χ0v) is 10.6. The van der Waals surface area contributed by atoms with Crippen molar-refractivity contribution in [2.75, 3.05) is 13.6 Å². The zero-order chi connectivity index (χ0) is 12.8. The molecule has 0 unspecified atom stereocenters. The lowest BCUT2D eigenvalue weighted by Crippen LogP contribution is -2.25. The predicted molar refractivity (Wildman–Crippen MR) is 68.9 cm³/mol. The summed E-state index contributed by atoms with van der Waals surface area (Å²) < 4.78 is 13.4. The highest BCUT2D eigenvalue weighted by Crippen LogP contribution is 2.12. The van der Waals surface area contributed by atoms with Gasteiger partial charge in [0, 0.05) is 12.6 Å². The highest BCUT2D eigenvalue weighted by atomic mass is 19.1. The molecule has 0 saturated carbocycles. The van der Waals surface area contributed by atoms with Gasteiger partial charge in [-0.25, -0.2) is 4.39 Å². The van der Waals surface area contributed by atoms with E-state index in [0.29, 0.717) is 11.6 Å². The molecule has 0 saturated heterocycles. The molecule has 0 aliphatic carbocycles. The lowest BCUT2D eigenvalue weighted by molar-refractivity contribution is 0.265. The third-order valence-electron chi connectivity index (χ3n) is 2.67. The van der Waals surface area contributed by atoms with Crippen LogP contribution in [0.5, 0.6) is 0 Å². The lowest BCUT2D eigenvalue weighted by atomic mass is 10.1. The first-order valence-electron chi connectivity index (χ1n) is 5.72. The molecule has 1 rings (SSSR count). The maximum absolute atomic E-state index is 13.4. The van der Waals surface area contributed by atoms with Gasteiger partial charge in [0.05, 0.1) is 12.1 Å². The van der Waals surface area contributed by atoms with Crippen molar-refractivity contribution in [3.63, 3.8) is 0 Å². The smallest absolute Gasteiger partial charge is 0.138 e. The highest BCUT2D eigenvalue weighted by Gasteiger charge is 2.06. The molecule has 92 valence electrons. The van der Waals surface area contributed by atoms with Gasteiger partial charge in [0.25, 0.3) is 0 Å². The van der Waals surface area contributed by atoms with Crippen molar-refractivity contribution in [3.05, 3.63) is 35.1 Å². The van der Waals surface area contributed by atoms with Crippen LogP contribution < -0.4 is 5.73 Å². The third-order valence-corrected chi connectivity index (χ3v) is 2.67. The average molecular weight is 234 g/mol. The van der Waals surface area contributed by atoms with E-state index in [2.05, 4.69) is 30.6 Å². The number of benzene rings is 1. The summed E-state index contributed by atoms with van der Waals surface area (Å²) in [7, 11) is 2.04. The molecule has 0 aromatic heterocycles. The number of halogens is 1. The van der Waals surface area contributed by atoms with E-state index in [-0.39, 0.29) is 12.4 Å². The zero-order valence-electron chi connectivity index (χ0n) is 10.6. The molecular formula is C14H19FN2. The van der Waals surface area contributed by atoms with E-state index in [1.165, 1.54) is 6.07 Å². The first-order chi connectivity index (χ1) is 8.04. The molecule has 0 aliphatic heterocycles. The fraction of sp³-hybridized carbons (Fsp3) is 0.429. The van der Waals surface area contributed by atoms with Gasteiger partial charge in [-0.15, -0.1) is 0 Å². The van der Waals surface area contributed by atoms with E-state index < -0.39 is 0 Å². The second kappa shape index (κ2) is 6.39. The molecule has 3 heteroatoms. The van der Waals surface area contributed by atoms with Gasteiger partial charge < -0.3 is 5.73 Å². The Morgan fingerprint density at radius 2 is 2.12 bits per heavy atom. The number of nitrogens with two attached hydrogens (primary N) is 1. The van der Waals surface area contributed by atoms with E-state index in [9.17, 15) is 4.39 Å². The summed E-state index contributed by atoms with van der Waals surface area (Å²) in [5.74, 6) is 5.13. The molecule has 1 aromatic rings. The summed E-state index contributed by atoms with van der Waals surface area (Å²) in [6.07, 6.45) is 0. The van der Waals surface area contributed by atoms with Crippen LogP contribution in [0.15, 0.2) is 18.2 Å². The standard InChI is InChI=1S/C14H19FN2/c1-11(2)17(3)10-12-6-7-14(15)13(9-12)5-4-8-16/h6-7,9,11H,8,10,16H2,1-3H3. The van der Waals surface area contributed by atoms with E-state index in [1.54, 1.807) is 12.1 Å². The largest absolute Gasteiger partial charge is 0.320 e. The van der Waals surface area contributed by atoms with E-state index in [0.717, 1.165) is 12.1 Å². The lowest BCUT2D eigenvalue weighted by Gasteiger charge is -2.21. The number of nitrogens with zero attached hydrogens (tertiary/aromatic N) is 1. The molecule has 0 atom stereocenters. The molecule has 2 N–H and O–H groups in total. The molecule has 0 fully saturated rings. The van der Waals surface area contributed by atoms with Crippen LogP contribution in [0.3, 0.4) is 0 Å². The Balaban J connectivity index is 2.88. The van der Waals surface area contributed by atoms with Crippen LogP contribution in [0.25, 0.3) is 0 Å². The van der Waals surface area contributed by atoms with Crippen LogP contribution >= 0.6 is 0 Å². The Morgan fingerprint density at radius 1 is 1.41 bits per heavy atom. The number of hydrogen-bond acceptors (Lipinski definition) is 2. The SMILES string of the molecule is CC(C)N(C)Cc1ccc(F)c(C#CCN)c1. The maximum Gasteiger partial charge on any atom is 0.138 e. The molecule has 0 amide bonds. The summed E-state index contributed by atoms with van der Waals surface area (Å²) >= 11 is 0. The molecule has 0 aliphatic rings. The van der Waals surface area contributed by atoms with Crippen molar-refractivity contribution in [2.24, 2.45) is 5.73 Å². The average Bonchev–Trinajstić information content (AvgIpc) is 2.29. The van der Waals surface area contributed by atoms with Crippen molar-refractivity contribution in [3.8, 4) is 11.8 Å². The molecular weight excluding hydrogens is 215 g/mol. The molecule has 0 bridgehead atoms. The van der Waals surface area contributed by atoms with Gasteiger partial charge in [0.15, 0.2) is 0 Å². The van der Waals surface area contributed by atoms with Crippen molar-refractivity contribution < 1.29 is 4.39 Å². The van der Waals surface area contributed by atoms with Gasteiger partial charge in [-0.3, -0.25) is 4.90 Å². The summed E-state index contributed by atoms with van der Waals surface area (Å²) in [6, 6.07) is 5.50. The maximum atomic E-state index is 13.4. The summed E-state index contributed by atoms with van der Waals surface area (Å²) in [4.78, 5) is 2.19. The van der Waals surface area contributed by atoms with Gasteiger partial charge >= 0.3 is 0 Å². The van der Waals surface area contributed by atoms with Gasteiger partial charge in [-0.1, -0.05) is 17.9 Å². The fourth-order valence-electron chi connectivity index (χ4n) is 1.38. The van der Waals surface area contributed by atoms with Crippen molar-refractivity contribution in [1.82, 2.24) is 4.90 Å². The summed E-state index contributed by atoms with van der Waals surface area (Å²) in [6.45, 7) is 5.28. The minimum Gasteiger partial charge on any atom is -0.320 e. The van der Waals surface area contributed by atoms with Crippen molar-refractivity contribution in [1.29, 1.82) is 0 Å². The Morgan fingerprint density at radius 3 is 2.71 bits per heavy atom. The fourth-order valence-corrected chi connectivity index (χ4v) is 1.38. The monoisotopic (exact) mass is 234 g/mol. The number of rotatable bonds is 3. The molecule has 2 nitrogen and oxygen atoms in total. The van der Waals surface area contributed by atoms with Crippen LogP contribution in [0.2, 0.25) is 0 Å². The van der Waals surface area contributed by atoms with Crippen LogP contribution in [0, 0.1) is 17.7 Å². The van der Waals surface area contributed by atoms with E-state index in [4.69, 9.17) is 5.73 Å². The van der Waals surface area contributed by atoms with E-state index in [1.807, 2.05) is 7.05 Å². The predicted octanol–water partition coefficient (Wildman–Crippen LogP) is 1.98. The second-order valence-corrected chi connectivity index (χ2v) is 4.33. The quantitative estimate of drug-likeness (QED) is 0.810. The second-order valence-electron chi connectivity index (χ2n) is 4.33. The topological polar surface area (TPSA) is 29.3 Å². The Kier molecular flexibility index (Phi) is 5.14. The van der Waals surface area contributed by atoms with Crippen molar-refractivity contribution >= 4 is 0 Å². The summed E-state index contributed by atoms with van der Waals surface area (Å²) in [5.41, 5.74) is 6.76. The molecule has 0 spiro atoms. The Labute approximate surface area is 103 Å². The normalized spacial score (nSPS) is 10.5. The van der Waals surface area contributed by atoms with Crippen LogP contribution in [0.1, 0.15) is 25.0 Å². The van der Waals surface area contributed by atoms with Crippen LogP contribution in [-0.4, -0.2) is 24.5 Å². The Hall–Kier alpha value is -1.37. The molecule has 0 radical (unpaired) electrons. The van der Waals surface area contributed by atoms with Gasteiger partial charge in [-0.2, -0.15) is 0 Å². The minimum absolute atomic E-state index is 0.246.